The first-order valence-electron chi connectivity index (χ1n) is 10.1. The van der Waals surface area contributed by atoms with Crippen LogP contribution in [-0.4, -0.2) is 31.4 Å². The van der Waals surface area contributed by atoms with E-state index in [-0.39, 0.29) is 0 Å². The Balaban J connectivity index is 1.42. The number of hydrogen-bond donors (Lipinski definition) is 1. The van der Waals surface area contributed by atoms with Gasteiger partial charge in [0.1, 0.15) is 11.3 Å². The minimum absolute atomic E-state index is 0.294. The second-order valence-corrected chi connectivity index (χ2v) is 8.69. The van der Waals surface area contributed by atoms with Crippen LogP contribution in [-0.2, 0) is 0 Å². The Hall–Kier alpha value is -3.69. The van der Waals surface area contributed by atoms with Crippen molar-refractivity contribution in [1.82, 2.24) is 4.98 Å². The molecule has 4 rings (SSSR count). The van der Waals surface area contributed by atoms with Gasteiger partial charge in [0.2, 0.25) is 5.13 Å². The lowest BCUT2D eigenvalue weighted by Gasteiger charge is -2.11. The second-order valence-electron chi connectivity index (χ2n) is 6.91. The van der Waals surface area contributed by atoms with Crippen molar-refractivity contribution in [3.8, 4) is 28.5 Å². The average Bonchev–Trinajstić information content (AvgIpc) is 3.34. The van der Waals surface area contributed by atoms with E-state index in [0.29, 0.717) is 27.9 Å². The molecular weight excluding hydrogens is 518 g/mol. The summed E-state index contributed by atoms with van der Waals surface area (Å²) in [5.41, 5.74) is 5.92. The molecule has 0 fully saturated rings. The Morgan fingerprint density at radius 1 is 1.00 bits per heavy atom. The molecule has 34 heavy (non-hydrogen) atoms. The summed E-state index contributed by atoms with van der Waals surface area (Å²) in [5.74, 6) is 0.595. The van der Waals surface area contributed by atoms with E-state index >= 15 is 0 Å². The Bertz CT molecular complexity index is 1320. The van der Waals surface area contributed by atoms with Gasteiger partial charge in [-0.25, -0.2) is 9.78 Å². The lowest BCUT2D eigenvalue weighted by atomic mass is 10.2. The highest BCUT2D eigenvalue weighted by Crippen LogP contribution is 2.30. The van der Waals surface area contributed by atoms with Crippen LogP contribution in [0.15, 0.2) is 81.7 Å². The van der Waals surface area contributed by atoms with Crippen LogP contribution >= 0.6 is 27.3 Å². The van der Waals surface area contributed by atoms with Crippen LogP contribution < -0.4 is 19.6 Å². The number of methoxy groups -OCH3 is 2. The standard InChI is InChI=1S/C25H20BrN3O4S/c1-31-21-6-4-3-5-19(21)24(30)33-22-12-7-16(13-23(22)32-2)14-27-29-25-28-20(15-34-25)17-8-10-18(26)11-9-17/h3-15H,1-2H3,(H,28,29)/b27-14+. The van der Waals surface area contributed by atoms with Crippen molar-refractivity contribution in [1.29, 1.82) is 0 Å². The van der Waals surface area contributed by atoms with Gasteiger partial charge >= 0.3 is 5.97 Å². The number of aromatic nitrogens is 1. The van der Waals surface area contributed by atoms with E-state index < -0.39 is 5.97 Å². The Kier molecular flexibility index (Phi) is 7.56. The number of hydrazone groups is 1. The molecule has 1 heterocycles. The van der Waals surface area contributed by atoms with E-state index in [1.165, 1.54) is 25.6 Å². The fourth-order valence-electron chi connectivity index (χ4n) is 3.06. The van der Waals surface area contributed by atoms with Crippen LogP contribution in [0.5, 0.6) is 17.2 Å². The van der Waals surface area contributed by atoms with E-state index in [4.69, 9.17) is 14.2 Å². The summed E-state index contributed by atoms with van der Waals surface area (Å²) < 4.78 is 17.2. The quantitative estimate of drug-likeness (QED) is 0.124. The van der Waals surface area contributed by atoms with Crippen molar-refractivity contribution in [2.75, 3.05) is 19.6 Å². The fraction of sp³-hybridized carbons (Fsp3) is 0.0800. The largest absolute Gasteiger partial charge is 0.496 e. The predicted octanol–water partition coefficient (Wildman–Crippen LogP) is 6.26. The number of benzene rings is 3. The molecule has 0 aliphatic carbocycles. The van der Waals surface area contributed by atoms with E-state index in [1.54, 1.807) is 48.7 Å². The zero-order chi connectivity index (χ0) is 23.9. The van der Waals surface area contributed by atoms with Gasteiger partial charge in [-0.05, 0) is 48.0 Å². The van der Waals surface area contributed by atoms with Gasteiger partial charge in [0.05, 0.1) is 26.1 Å². The minimum atomic E-state index is -0.538. The van der Waals surface area contributed by atoms with E-state index in [9.17, 15) is 4.79 Å². The molecule has 1 N–H and O–H groups in total. The Morgan fingerprint density at radius 2 is 1.76 bits per heavy atom. The number of rotatable bonds is 8. The highest BCUT2D eigenvalue weighted by atomic mass is 79.9. The van der Waals surface area contributed by atoms with Crippen molar-refractivity contribution in [2.24, 2.45) is 5.10 Å². The normalized spacial score (nSPS) is 10.8. The number of esters is 1. The lowest BCUT2D eigenvalue weighted by Crippen LogP contribution is -2.10. The Labute approximate surface area is 209 Å². The molecule has 4 aromatic rings. The van der Waals surface area contributed by atoms with Crippen molar-refractivity contribution in [3.63, 3.8) is 0 Å². The summed E-state index contributed by atoms with van der Waals surface area (Å²) in [6, 6.07) is 20.0. The molecule has 0 spiro atoms. The van der Waals surface area contributed by atoms with Crippen molar-refractivity contribution < 1.29 is 19.0 Å². The van der Waals surface area contributed by atoms with Gasteiger partial charge in [0, 0.05) is 15.4 Å². The van der Waals surface area contributed by atoms with Crippen molar-refractivity contribution in [2.45, 2.75) is 0 Å². The first-order valence-corrected chi connectivity index (χ1v) is 11.8. The predicted molar refractivity (Wildman–Crippen MR) is 137 cm³/mol. The summed E-state index contributed by atoms with van der Waals surface area (Å²) in [7, 11) is 3.01. The van der Waals surface area contributed by atoms with Gasteiger partial charge in [0.15, 0.2) is 11.5 Å². The molecule has 7 nitrogen and oxygen atoms in total. The summed E-state index contributed by atoms with van der Waals surface area (Å²) in [5, 5.41) is 6.89. The monoisotopic (exact) mass is 537 g/mol. The summed E-state index contributed by atoms with van der Waals surface area (Å²) in [4.78, 5) is 17.1. The molecular formula is C25H20BrN3O4S. The van der Waals surface area contributed by atoms with Crippen LogP contribution in [0.2, 0.25) is 0 Å². The first-order chi connectivity index (χ1) is 16.6. The maximum Gasteiger partial charge on any atom is 0.347 e. The molecule has 0 saturated heterocycles. The first kappa shape index (κ1) is 23.5. The number of nitrogens with zero attached hydrogens (tertiary/aromatic N) is 2. The zero-order valence-corrected chi connectivity index (χ0v) is 20.7. The van der Waals surface area contributed by atoms with Crippen LogP contribution in [0.25, 0.3) is 11.3 Å². The number of ether oxygens (including phenoxy) is 3. The van der Waals surface area contributed by atoms with Crippen LogP contribution in [0.1, 0.15) is 15.9 Å². The van der Waals surface area contributed by atoms with E-state index in [0.717, 1.165) is 21.3 Å². The molecule has 0 bridgehead atoms. The topological polar surface area (TPSA) is 82.0 Å². The summed E-state index contributed by atoms with van der Waals surface area (Å²) in [6.07, 6.45) is 1.63. The second kappa shape index (κ2) is 11.0. The zero-order valence-electron chi connectivity index (χ0n) is 18.3. The maximum atomic E-state index is 12.6. The third kappa shape index (κ3) is 5.62. The third-order valence-corrected chi connectivity index (χ3v) is 6.01. The number of carbonyl (C=O) groups is 1. The number of hydrogen-bond acceptors (Lipinski definition) is 8. The van der Waals surface area contributed by atoms with E-state index in [2.05, 4.69) is 31.4 Å². The summed E-state index contributed by atoms with van der Waals surface area (Å²) >= 11 is 4.90. The number of carbonyl (C=O) groups excluding carboxylic acids is 1. The van der Waals surface area contributed by atoms with Crippen LogP contribution in [0.3, 0.4) is 0 Å². The summed E-state index contributed by atoms with van der Waals surface area (Å²) in [6.45, 7) is 0. The molecule has 0 radical (unpaired) electrons. The SMILES string of the molecule is COc1cc(/C=N/Nc2nc(-c3ccc(Br)cc3)cs2)ccc1OC(=O)c1ccccc1OC. The molecule has 172 valence electrons. The smallest absolute Gasteiger partial charge is 0.347 e. The Morgan fingerprint density at radius 3 is 2.53 bits per heavy atom. The van der Waals surface area contributed by atoms with Gasteiger partial charge in [0.25, 0.3) is 0 Å². The number of thiazole rings is 1. The molecule has 0 aliphatic rings. The average molecular weight is 538 g/mol. The molecule has 0 amide bonds. The molecule has 0 saturated carbocycles. The molecule has 3 aromatic carbocycles. The molecule has 0 atom stereocenters. The fourth-order valence-corrected chi connectivity index (χ4v) is 3.99. The van der Waals surface area contributed by atoms with Crippen LogP contribution in [0, 0.1) is 0 Å². The number of para-hydroxylation sites is 1. The highest BCUT2D eigenvalue weighted by molar-refractivity contribution is 9.10. The third-order valence-electron chi connectivity index (χ3n) is 4.74. The molecule has 0 aliphatic heterocycles. The molecule has 1 aromatic heterocycles. The number of nitrogens with one attached hydrogen (secondary N) is 1. The maximum absolute atomic E-state index is 12.6. The van der Waals surface area contributed by atoms with Gasteiger partial charge in [-0.1, -0.05) is 40.2 Å². The van der Waals surface area contributed by atoms with E-state index in [1.807, 2.05) is 29.6 Å². The minimum Gasteiger partial charge on any atom is -0.496 e. The van der Waals surface area contributed by atoms with Gasteiger partial charge in [-0.3, -0.25) is 5.43 Å². The van der Waals surface area contributed by atoms with Gasteiger partial charge < -0.3 is 14.2 Å². The lowest BCUT2D eigenvalue weighted by molar-refractivity contribution is 0.0726. The van der Waals surface area contributed by atoms with Crippen molar-refractivity contribution >= 4 is 44.6 Å². The number of halogens is 1. The van der Waals surface area contributed by atoms with Crippen molar-refractivity contribution in [3.05, 3.63) is 87.7 Å². The van der Waals surface area contributed by atoms with Crippen LogP contribution in [0.4, 0.5) is 5.13 Å². The number of anilines is 1. The highest BCUT2D eigenvalue weighted by Gasteiger charge is 2.16. The van der Waals surface area contributed by atoms with Gasteiger partial charge in [-0.15, -0.1) is 11.3 Å². The molecule has 9 heteroatoms. The van der Waals surface area contributed by atoms with Gasteiger partial charge in [-0.2, -0.15) is 5.10 Å². The molecule has 0 unspecified atom stereocenters.